The first-order valence-corrected chi connectivity index (χ1v) is 5.20. The standard InChI is InChI=1S/C13H9NO2/c15-12-5-1-3-10-8(12)7-9-11(14-10)4-2-6-13(9)16/h1-3,6-7H,4-5H2. The smallest absolute Gasteiger partial charge is 0.187 e. The molecule has 0 saturated carbocycles. The maximum Gasteiger partial charge on any atom is 0.187 e. The number of pyridine rings is 1. The van der Waals surface area contributed by atoms with Crippen LogP contribution in [0.25, 0.3) is 6.08 Å². The van der Waals surface area contributed by atoms with E-state index in [0.717, 1.165) is 5.69 Å². The summed E-state index contributed by atoms with van der Waals surface area (Å²) in [4.78, 5) is 27.7. The van der Waals surface area contributed by atoms with Crippen LogP contribution in [0.3, 0.4) is 0 Å². The average Bonchev–Trinajstić information content (AvgIpc) is 2.28. The fourth-order valence-electron chi connectivity index (χ4n) is 2.04. The number of Topliss-reactive ketones (excluding diaryl/α,β-unsaturated/α-hetero) is 1. The first kappa shape index (κ1) is 9.21. The highest BCUT2D eigenvalue weighted by Crippen LogP contribution is 2.23. The average molecular weight is 211 g/mol. The molecule has 3 heteroatoms. The van der Waals surface area contributed by atoms with Gasteiger partial charge in [0.25, 0.3) is 0 Å². The quantitative estimate of drug-likeness (QED) is 0.659. The van der Waals surface area contributed by atoms with Gasteiger partial charge in [0.05, 0.1) is 11.4 Å². The molecule has 78 valence electrons. The van der Waals surface area contributed by atoms with Gasteiger partial charge < -0.3 is 0 Å². The number of hydrogen-bond donors (Lipinski definition) is 0. The van der Waals surface area contributed by atoms with Gasteiger partial charge in [-0.25, -0.2) is 0 Å². The second-order valence-electron chi connectivity index (χ2n) is 3.92. The van der Waals surface area contributed by atoms with Gasteiger partial charge in [-0.2, -0.15) is 0 Å². The number of carbonyl (C=O) groups is 2. The van der Waals surface area contributed by atoms with Crippen molar-refractivity contribution < 1.29 is 9.59 Å². The Morgan fingerprint density at radius 3 is 2.69 bits per heavy atom. The Hall–Kier alpha value is -2.03. The van der Waals surface area contributed by atoms with Crippen LogP contribution in [0.2, 0.25) is 0 Å². The van der Waals surface area contributed by atoms with Crippen LogP contribution in [0.1, 0.15) is 38.5 Å². The Bertz CT molecular complexity index is 568. The maximum absolute atomic E-state index is 11.7. The largest absolute Gasteiger partial charge is 0.294 e. The summed E-state index contributed by atoms with van der Waals surface area (Å²) < 4.78 is 0. The number of ketones is 2. The highest BCUT2D eigenvalue weighted by molar-refractivity contribution is 6.09. The Labute approximate surface area is 92.5 Å². The molecule has 0 radical (unpaired) electrons. The molecule has 16 heavy (non-hydrogen) atoms. The topological polar surface area (TPSA) is 47.0 Å². The molecule has 0 aliphatic heterocycles. The van der Waals surface area contributed by atoms with Crippen LogP contribution in [0, 0.1) is 0 Å². The third-order valence-electron chi connectivity index (χ3n) is 2.86. The van der Waals surface area contributed by atoms with Crippen molar-refractivity contribution in [3.8, 4) is 0 Å². The normalized spacial score (nSPS) is 17.2. The summed E-state index contributed by atoms with van der Waals surface area (Å²) in [6, 6.07) is 1.69. The molecule has 0 spiro atoms. The van der Waals surface area contributed by atoms with Gasteiger partial charge in [0.15, 0.2) is 11.6 Å². The number of hydrogen-bond acceptors (Lipinski definition) is 3. The van der Waals surface area contributed by atoms with E-state index >= 15 is 0 Å². The van der Waals surface area contributed by atoms with Crippen LogP contribution in [-0.2, 0) is 6.42 Å². The predicted molar refractivity (Wildman–Crippen MR) is 59.4 cm³/mol. The van der Waals surface area contributed by atoms with Crippen molar-refractivity contribution in [1.82, 2.24) is 4.98 Å². The lowest BCUT2D eigenvalue weighted by atomic mass is 9.93. The Balaban J connectivity index is 2.25. The van der Waals surface area contributed by atoms with E-state index in [9.17, 15) is 9.59 Å². The van der Waals surface area contributed by atoms with Gasteiger partial charge in [0.2, 0.25) is 0 Å². The SMILES string of the molecule is O=C1CC=Cc2nc3c(cc21)C(=O)C=CC3. The van der Waals surface area contributed by atoms with Gasteiger partial charge in [-0.1, -0.05) is 12.2 Å². The minimum atomic E-state index is -0.0566. The molecule has 0 atom stereocenters. The molecule has 0 amide bonds. The number of aromatic nitrogens is 1. The van der Waals surface area contributed by atoms with Gasteiger partial charge in [0, 0.05) is 24.0 Å². The van der Waals surface area contributed by atoms with E-state index in [1.807, 2.05) is 12.2 Å². The lowest BCUT2D eigenvalue weighted by Gasteiger charge is -2.14. The van der Waals surface area contributed by atoms with E-state index in [1.54, 1.807) is 18.2 Å². The Morgan fingerprint density at radius 1 is 1.00 bits per heavy atom. The maximum atomic E-state index is 11.7. The van der Waals surface area contributed by atoms with Crippen molar-refractivity contribution in [3.05, 3.63) is 46.8 Å². The second kappa shape index (κ2) is 3.23. The van der Waals surface area contributed by atoms with Crippen LogP contribution in [0.15, 0.2) is 24.3 Å². The van der Waals surface area contributed by atoms with Crippen molar-refractivity contribution in [3.63, 3.8) is 0 Å². The highest BCUT2D eigenvalue weighted by atomic mass is 16.1. The first-order chi connectivity index (χ1) is 7.75. The zero-order valence-corrected chi connectivity index (χ0v) is 8.56. The monoisotopic (exact) mass is 211 g/mol. The van der Waals surface area contributed by atoms with Gasteiger partial charge in [-0.3, -0.25) is 14.6 Å². The third-order valence-corrected chi connectivity index (χ3v) is 2.86. The summed E-state index contributed by atoms with van der Waals surface area (Å²) >= 11 is 0. The van der Waals surface area contributed by atoms with Crippen LogP contribution in [0.5, 0.6) is 0 Å². The van der Waals surface area contributed by atoms with Crippen LogP contribution >= 0.6 is 0 Å². The molecule has 0 fully saturated rings. The van der Waals surface area contributed by atoms with E-state index in [4.69, 9.17) is 0 Å². The Kier molecular flexibility index (Phi) is 1.86. The van der Waals surface area contributed by atoms with E-state index in [2.05, 4.69) is 4.98 Å². The fraction of sp³-hybridized carbons (Fsp3) is 0.154. The molecule has 0 aromatic carbocycles. The molecule has 0 saturated heterocycles. The molecule has 0 N–H and O–H groups in total. The zero-order valence-electron chi connectivity index (χ0n) is 8.56. The molecule has 1 heterocycles. The highest BCUT2D eigenvalue weighted by Gasteiger charge is 2.21. The second-order valence-corrected chi connectivity index (χ2v) is 3.92. The number of carbonyl (C=O) groups excluding carboxylic acids is 2. The number of fused-ring (bicyclic) bond motifs is 2. The van der Waals surface area contributed by atoms with Crippen molar-refractivity contribution in [1.29, 1.82) is 0 Å². The van der Waals surface area contributed by atoms with Crippen molar-refractivity contribution in [2.24, 2.45) is 0 Å². The fourth-order valence-corrected chi connectivity index (χ4v) is 2.04. The molecule has 2 aliphatic rings. The van der Waals surface area contributed by atoms with E-state index in [1.165, 1.54) is 0 Å². The minimum absolute atomic E-state index is 0.0372. The summed E-state index contributed by atoms with van der Waals surface area (Å²) in [6.07, 6.45) is 8.07. The van der Waals surface area contributed by atoms with Gasteiger partial charge >= 0.3 is 0 Å². The summed E-state index contributed by atoms with van der Waals surface area (Å²) in [6.45, 7) is 0. The van der Waals surface area contributed by atoms with Crippen LogP contribution in [0.4, 0.5) is 0 Å². The first-order valence-electron chi connectivity index (χ1n) is 5.20. The minimum Gasteiger partial charge on any atom is -0.294 e. The number of allylic oxidation sites excluding steroid dienone is 3. The van der Waals surface area contributed by atoms with Crippen molar-refractivity contribution >= 4 is 17.6 Å². The summed E-state index contributed by atoms with van der Waals surface area (Å²) in [7, 11) is 0. The van der Waals surface area contributed by atoms with Gasteiger partial charge in [-0.05, 0) is 18.2 Å². The van der Waals surface area contributed by atoms with E-state index < -0.39 is 0 Å². The van der Waals surface area contributed by atoms with Crippen LogP contribution in [-0.4, -0.2) is 16.6 Å². The number of rotatable bonds is 0. The summed E-state index contributed by atoms with van der Waals surface area (Å²) in [5, 5.41) is 0. The lowest BCUT2D eigenvalue weighted by molar-refractivity contribution is 0.0994. The summed E-state index contributed by atoms with van der Waals surface area (Å²) in [5.74, 6) is -0.0194. The third kappa shape index (κ3) is 1.25. The molecule has 1 aromatic heterocycles. The molecular weight excluding hydrogens is 202 g/mol. The lowest BCUT2D eigenvalue weighted by Crippen LogP contribution is -2.14. The molecule has 3 nitrogen and oxygen atoms in total. The molecule has 0 unspecified atom stereocenters. The number of nitrogens with zero attached hydrogens (tertiary/aromatic N) is 1. The summed E-state index contributed by atoms with van der Waals surface area (Å²) in [5.41, 5.74) is 2.61. The van der Waals surface area contributed by atoms with E-state index in [-0.39, 0.29) is 11.6 Å². The zero-order chi connectivity index (χ0) is 11.1. The van der Waals surface area contributed by atoms with Crippen molar-refractivity contribution in [2.45, 2.75) is 12.8 Å². The molecule has 1 aromatic rings. The molecule has 3 rings (SSSR count). The van der Waals surface area contributed by atoms with Crippen molar-refractivity contribution in [2.75, 3.05) is 0 Å². The Morgan fingerprint density at radius 2 is 1.81 bits per heavy atom. The molecule has 2 aliphatic carbocycles. The van der Waals surface area contributed by atoms with Crippen LogP contribution < -0.4 is 0 Å². The van der Waals surface area contributed by atoms with E-state index in [0.29, 0.717) is 29.7 Å². The van der Waals surface area contributed by atoms with Gasteiger partial charge in [0.1, 0.15) is 0 Å². The van der Waals surface area contributed by atoms with Gasteiger partial charge in [-0.15, -0.1) is 0 Å². The molecular formula is C13H9NO2. The molecule has 0 bridgehead atoms. The predicted octanol–water partition coefficient (Wildman–Crippen LogP) is 1.98.